The maximum Gasteiger partial charge on any atom is 0.416 e. The first kappa shape index (κ1) is 30.3. The number of aromatic nitrogens is 1. The molecule has 6 rings (SSSR count). The van der Waals surface area contributed by atoms with Crippen LogP contribution in [0.4, 0.5) is 13.2 Å². The van der Waals surface area contributed by atoms with Crippen LogP contribution in [0.25, 0.3) is 0 Å². The molecule has 4 nitrogen and oxygen atoms in total. The largest absolute Gasteiger partial charge is 0.416 e. The second-order valence-corrected chi connectivity index (χ2v) is 19.9. The number of benzene rings is 1. The van der Waals surface area contributed by atoms with E-state index in [2.05, 4.69) is 47.7 Å². The van der Waals surface area contributed by atoms with Crippen LogP contribution < -0.4 is 0 Å². The number of halogens is 3. The lowest BCUT2D eigenvalue weighted by molar-refractivity contribution is -0.137. The lowest BCUT2D eigenvalue weighted by Gasteiger charge is -2.51. The Balaban J connectivity index is 1.58. The van der Waals surface area contributed by atoms with Crippen LogP contribution in [0.1, 0.15) is 130 Å². The number of nitrogens with zero attached hydrogens (tertiary/aromatic N) is 1. The number of hydrogen-bond acceptors (Lipinski definition) is 4. The fourth-order valence-electron chi connectivity index (χ4n) is 7.47. The summed E-state index contributed by atoms with van der Waals surface area (Å²) in [5, 5.41) is 0.0570. The van der Waals surface area contributed by atoms with Crippen LogP contribution in [0, 0.1) is 5.41 Å². The molecule has 2 aliphatic carbocycles. The summed E-state index contributed by atoms with van der Waals surface area (Å²) in [5.74, 6) is 0.138. The summed E-state index contributed by atoms with van der Waals surface area (Å²) in [6, 6.07) is 5.54. The molecule has 230 valence electrons. The van der Waals surface area contributed by atoms with Crippen molar-refractivity contribution in [2.75, 3.05) is 13.2 Å². The molecular weight excluding hydrogens is 555 g/mol. The zero-order chi connectivity index (χ0) is 30.3. The fraction of sp³-hybridized carbons (Fsp3) is 0.676. The minimum Gasteiger partial charge on any atom is -0.410 e. The number of hydrogen-bond donors (Lipinski definition) is 0. The lowest BCUT2D eigenvalue weighted by atomic mass is 9.58. The smallest absolute Gasteiger partial charge is 0.410 e. The van der Waals surface area contributed by atoms with Crippen LogP contribution in [-0.2, 0) is 32.1 Å². The van der Waals surface area contributed by atoms with Crippen LogP contribution in [0.3, 0.4) is 0 Å². The molecule has 8 heteroatoms. The third kappa shape index (κ3) is 4.98. The van der Waals surface area contributed by atoms with Gasteiger partial charge >= 0.3 is 6.18 Å². The fourth-order valence-corrected chi connectivity index (χ4v) is 8.73. The van der Waals surface area contributed by atoms with E-state index in [-0.39, 0.29) is 22.5 Å². The van der Waals surface area contributed by atoms with Gasteiger partial charge in [0.1, 0.15) is 6.10 Å². The molecule has 4 aliphatic rings. The average Bonchev–Trinajstić information content (AvgIpc) is 3.20. The highest BCUT2D eigenvalue weighted by Crippen LogP contribution is 2.61. The molecule has 42 heavy (non-hydrogen) atoms. The highest BCUT2D eigenvalue weighted by atomic mass is 28.4. The van der Waals surface area contributed by atoms with Gasteiger partial charge in [0.05, 0.1) is 17.3 Å². The molecule has 1 saturated carbocycles. The zero-order valence-corrected chi connectivity index (χ0v) is 27.2. The van der Waals surface area contributed by atoms with Gasteiger partial charge < -0.3 is 13.9 Å². The van der Waals surface area contributed by atoms with E-state index in [4.69, 9.17) is 18.9 Å². The summed E-state index contributed by atoms with van der Waals surface area (Å²) in [7, 11) is -2.15. The van der Waals surface area contributed by atoms with Crippen molar-refractivity contribution in [3.05, 3.63) is 63.5 Å². The minimum atomic E-state index is -4.38. The van der Waals surface area contributed by atoms with Crippen LogP contribution in [0.5, 0.6) is 0 Å². The molecule has 1 aromatic carbocycles. The van der Waals surface area contributed by atoms with Crippen molar-refractivity contribution in [2.24, 2.45) is 5.41 Å². The van der Waals surface area contributed by atoms with Gasteiger partial charge in [0.2, 0.25) is 0 Å². The number of ether oxygens (including phenoxy) is 2. The van der Waals surface area contributed by atoms with Crippen molar-refractivity contribution >= 4 is 8.32 Å². The molecule has 0 unspecified atom stereocenters. The third-order valence-corrected chi connectivity index (χ3v) is 15.5. The van der Waals surface area contributed by atoms with Crippen molar-refractivity contribution in [2.45, 2.75) is 128 Å². The Labute approximate surface area is 249 Å². The monoisotopic (exact) mass is 601 g/mol. The summed E-state index contributed by atoms with van der Waals surface area (Å²) in [5.41, 5.74) is 5.42. The Kier molecular flexibility index (Phi) is 7.32. The third-order valence-electron chi connectivity index (χ3n) is 11.0. The van der Waals surface area contributed by atoms with E-state index < -0.39 is 31.8 Å². The maximum absolute atomic E-state index is 13.5. The lowest BCUT2D eigenvalue weighted by Crippen LogP contribution is -2.47. The highest BCUT2D eigenvalue weighted by Gasteiger charge is 2.55. The summed E-state index contributed by atoms with van der Waals surface area (Å²) in [4.78, 5) is 5.46. The first-order chi connectivity index (χ1) is 19.6. The standard InChI is InChI=1S/C34H46F3NO3Si/c1-21(2)29-27-28(26-24(38-29)19-32(13-8-14-32)20-25(26)41-42(6,7)31(3,4)5)33(15-17-39-18-16-33)40-30(27)22-9-11-23(12-10-22)34(35,36)37/h9-12,21,25,30H,8,13-20H2,1-7H3/t25-,30-/m0/s1. The summed E-state index contributed by atoms with van der Waals surface area (Å²) in [6.07, 6.45) is 2.13. The molecule has 0 amide bonds. The molecular formula is C34H46F3NO3Si. The van der Waals surface area contributed by atoms with Gasteiger partial charge in [0.25, 0.3) is 0 Å². The van der Waals surface area contributed by atoms with Crippen LogP contribution in [0.15, 0.2) is 24.3 Å². The first-order valence-corrected chi connectivity index (χ1v) is 18.6. The predicted molar refractivity (Wildman–Crippen MR) is 160 cm³/mol. The van der Waals surface area contributed by atoms with Crippen LogP contribution in [-0.4, -0.2) is 26.5 Å². The van der Waals surface area contributed by atoms with Gasteiger partial charge in [-0.2, -0.15) is 13.2 Å². The van der Waals surface area contributed by atoms with Gasteiger partial charge in [0, 0.05) is 48.6 Å². The Hall–Kier alpha value is -1.74. The van der Waals surface area contributed by atoms with Crippen molar-refractivity contribution in [1.82, 2.24) is 4.98 Å². The topological polar surface area (TPSA) is 40.6 Å². The number of fused-ring (bicyclic) bond motifs is 4. The summed E-state index contributed by atoms with van der Waals surface area (Å²) < 4.78 is 60.7. The molecule has 2 aromatic rings. The first-order valence-electron chi connectivity index (χ1n) is 15.7. The van der Waals surface area contributed by atoms with E-state index in [0.29, 0.717) is 26.1 Å². The quantitative estimate of drug-likeness (QED) is 0.327. The van der Waals surface area contributed by atoms with Gasteiger partial charge in [-0.3, -0.25) is 4.98 Å². The molecule has 0 radical (unpaired) electrons. The van der Waals surface area contributed by atoms with Gasteiger partial charge in [-0.1, -0.05) is 53.2 Å². The molecule has 2 spiro atoms. The summed E-state index contributed by atoms with van der Waals surface area (Å²) >= 11 is 0. The van der Waals surface area contributed by atoms with Gasteiger partial charge in [-0.15, -0.1) is 0 Å². The normalized spacial score (nSPS) is 25.0. The summed E-state index contributed by atoms with van der Waals surface area (Å²) in [6.45, 7) is 17.0. The molecule has 3 heterocycles. The molecule has 0 N–H and O–H groups in total. The van der Waals surface area contributed by atoms with Crippen LogP contribution in [0.2, 0.25) is 18.1 Å². The molecule has 2 aliphatic heterocycles. The van der Waals surface area contributed by atoms with Crippen LogP contribution >= 0.6 is 0 Å². The van der Waals surface area contributed by atoms with Gasteiger partial charge in [0.15, 0.2) is 8.32 Å². The minimum absolute atomic E-state index is 0.0570. The molecule has 0 bridgehead atoms. The molecule has 2 fully saturated rings. The Morgan fingerprint density at radius 1 is 0.976 bits per heavy atom. The number of alkyl halides is 3. The molecule has 1 aromatic heterocycles. The van der Waals surface area contributed by atoms with Crippen molar-refractivity contribution in [3.8, 4) is 0 Å². The van der Waals surface area contributed by atoms with E-state index in [9.17, 15) is 13.2 Å². The van der Waals surface area contributed by atoms with Crippen molar-refractivity contribution in [1.29, 1.82) is 0 Å². The number of rotatable bonds is 4. The average molecular weight is 602 g/mol. The molecule has 2 atom stereocenters. The van der Waals surface area contributed by atoms with Gasteiger partial charge in [-0.05, 0) is 78.4 Å². The maximum atomic E-state index is 13.5. The van der Waals surface area contributed by atoms with E-state index in [1.165, 1.54) is 42.5 Å². The highest BCUT2D eigenvalue weighted by molar-refractivity contribution is 6.74. The van der Waals surface area contributed by atoms with Crippen molar-refractivity contribution < 1.29 is 27.1 Å². The van der Waals surface area contributed by atoms with E-state index in [1.54, 1.807) is 12.1 Å². The van der Waals surface area contributed by atoms with Gasteiger partial charge in [-0.25, -0.2) is 0 Å². The number of pyridine rings is 1. The SMILES string of the molecule is CC(C)c1nc2c(c3c1[C@H](c1ccc(C(F)(F)F)cc1)OC31CCOCC1)[C@@H](O[Si](C)(C)C(C)(C)C)CC1(CCC1)C2. The predicted octanol–water partition coefficient (Wildman–Crippen LogP) is 9.53. The zero-order valence-electron chi connectivity index (χ0n) is 26.2. The van der Waals surface area contributed by atoms with E-state index in [0.717, 1.165) is 35.4 Å². The Bertz CT molecular complexity index is 1340. The Morgan fingerprint density at radius 3 is 2.14 bits per heavy atom. The Morgan fingerprint density at radius 2 is 1.62 bits per heavy atom. The van der Waals surface area contributed by atoms with E-state index in [1.807, 2.05) is 0 Å². The second kappa shape index (κ2) is 10.1. The molecule has 1 saturated heterocycles. The second-order valence-electron chi connectivity index (χ2n) is 15.1. The van der Waals surface area contributed by atoms with Crippen molar-refractivity contribution in [3.63, 3.8) is 0 Å². The van der Waals surface area contributed by atoms with E-state index >= 15 is 0 Å².